The minimum absolute atomic E-state index is 0.0642. The van der Waals surface area contributed by atoms with E-state index in [-0.39, 0.29) is 5.91 Å². The molecule has 23 heavy (non-hydrogen) atoms. The number of rotatable bonds is 4. The van der Waals surface area contributed by atoms with Crippen LogP contribution in [0.4, 0.5) is 0 Å². The van der Waals surface area contributed by atoms with E-state index in [1.165, 1.54) is 4.88 Å². The second kappa shape index (κ2) is 8.12. The zero-order valence-electron chi connectivity index (χ0n) is 12.8. The summed E-state index contributed by atoms with van der Waals surface area (Å²) in [4.78, 5) is 18.1. The van der Waals surface area contributed by atoms with Crippen molar-refractivity contribution in [3.05, 3.63) is 50.1 Å². The van der Waals surface area contributed by atoms with Crippen LogP contribution in [0.2, 0.25) is 0 Å². The predicted molar refractivity (Wildman–Crippen MR) is 101 cm³/mol. The Kier molecular flexibility index (Phi) is 5.91. The van der Waals surface area contributed by atoms with E-state index in [4.69, 9.17) is 4.42 Å². The first kappa shape index (κ1) is 16.7. The standard InChI is InChI=1S/C17H19IN2O2S/c18-16-6-4-14(22-16)5-7-17(21)20-9-2-8-19(10-11-20)13-15-3-1-12-23-15/h1,3-7,12H,2,8-11,13H2. The van der Waals surface area contributed by atoms with Gasteiger partial charge in [0.25, 0.3) is 0 Å². The number of hydrogen-bond donors (Lipinski definition) is 0. The van der Waals surface area contributed by atoms with Crippen LogP contribution in [0.3, 0.4) is 0 Å². The zero-order chi connectivity index (χ0) is 16.1. The Morgan fingerprint density at radius 3 is 2.91 bits per heavy atom. The largest absolute Gasteiger partial charge is 0.451 e. The molecule has 0 atom stereocenters. The summed E-state index contributed by atoms with van der Waals surface area (Å²) in [5, 5.41) is 2.11. The van der Waals surface area contributed by atoms with Gasteiger partial charge in [0, 0.05) is 43.7 Å². The number of thiophene rings is 1. The fraction of sp³-hybridized carbons (Fsp3) is 0.353. The van der Waals surface area contributed by atoms with Gasteiger partial charge in [-0.25, -0.2) is 0 Å². The van der Waals surface area contributed by atoms with E-state index in [9.17, 15) is 4.79 Å². The van der Waals surface area contributed by atoms with Gasteiger partial charge in [-0.2, -0.15) is 0 Å². The second-order valence-electron chi connectivity index (χ2n) is 5.51. The molecule has 2 aromatic heterocycles. The third-order valence-electron chi connectivity index (χ3n) is 3.84. The lowest BCUT2D eigenvalue weighted by Crippen LogP contribution is -2.33. The molecule has 2 aromatic rings. The molecular formula is C17H19IN2O2S. The summed E-state index contributed by atoms with van der Waals surface area (Å²) in [6.07, 6.45) is 4.38. The van der Waals surface area contributed by atoms with Crippen LogP contribution in [0.15, 0.2) is 40.1 Å². The van der Waals surface area contributed by atoms with Gasteiger partial charge in [0.1, 0.15) is 5.76 Å². The van der Waals surface area contributed by atoms with E-state index in [0.717, 1.165) is 48.7 Å². The highest BCUT2D eigenvalue weighted by molar-refractivity contribution is 14.1. The van der Waals surface area contributed by atoms with E-state index >= 15 is 0 Å². The lowest BCUT2D eigenvalue weighted by molar-refractivity contribution is -0.125. The van der Waals surface area contributed by atoms with Crippen LogP contribution in [-0.4, -0.2) is 41.9 Å². The Morgan fingerprint density at radius 1 is 1.26 bits per heavy atom. The summed E-state index contributed by atoms with van der Waals surface area (Å²) >= 11 is 3.91. The van der Waals surface area contributed by atoms with Crippen LogP contribution in [0, 0.1) is 3.77 Å². The number of halogens is 1. The molecule has 0 N–H and O–H groups in total. The van der Waals surface area contributed by atoms with Crippen molar-refractivity contribution in [3.63, 3.8) is 0 Å². The van der Waals surface area contributed by atoms with Gasteiger partial charge in [0.15, 0.2) is 3.77 Å². The Labute approximate surface area is 153 Å². The molecule has 3 rings (SSSR count). The minimum Gasteiger partial charge on any atom is -0.451 e. The maximum atomic E-state index is 12.3. The quantitative estimate of drug-likeness (QED) is 0.536. The van der Waals surface area contributed by atoms with Gasteiger partial charge in [-0.05, 0) is 58.7 Å². The molecule has 1 saturated heterocycles. The first-order valence-corrected chi connectivity index (χ1v) is 9.63. The van der Waals surface area contributed by atoms with Crippen molar-refractivity contribution < 1.29 is 9.21 Å². The van der Waals surface area contributed by atoms with Crippen molar-refractivity contribution in [2.45, 2.75) is 13.0 Å². The SMILES string of the molecule is O=C(C=Cc1ccc(I)o1)N1CCCN(Cc2cccs2)CC1. The summed E-state index contributed by atoms with van der Waals surface area (Å²) in [7, 11) is 0. The number of carbonyl (C=O) groups excluding carboxylic acids is 1. The van der Waals surface area contributed by atoms with Crippen LogP contribution in [0.1, 0.15) is 17.1 Å². The van der Waals surface area contributed by atoms with E-state index in [1.54, 1.807) is 23.5 Å². The number of nitrogens with zero attached hydrogens (tertiary/aromatic N) is 2. The second-order valence-corrected chi connectivity index (χ2v) is 7.61. The lowest BCUT2D eigenvalue weighted by atomic mass is 10.3. The normalized spacial score (nSPS) is 16.8. The third-order valence-corrected chi connectivity index (χ3v) is 5.28. The number of amides is 1. The Hall–Kier alpha value is -1.12. The highest BCUT2D eigenvalue weighted by Crippen LogP contribution is 2.15. The highest BCUT2D eigenvalue weighted by Gasteiger charge is 2.17. The first-order chi connectivity index (χ1) is 11.2. The van der Waals surface area contributed by atoms with E-state index in [2.05, 4.69) is 45.0 Å². The number of furan rings is 1. The molecule has 0 saturated carbocycles. The molecule has 1 amide bonds. The fourth-order valence-corrected chi connectivity index (χ4v) is 3.83. The Morgan fingerprint density at radius 2 is 2.17 bits per heavy atom. The average molecular weight is 442 g/mol. The molecule has 0 unspecified atom stereocenters. The summed E-state index contributed by atoms with van der Waals surface area (Å²) in [5.74, 6) is 0.784. The predicted octanol–water partition coefficient (Wildman–Crippen LogP) is 3.69. The van der Waals surface area contributed by atoms with E-state index in [1.807, 2.05) is 17.0 Å². The van der Waals surface area contributed by atoms with Crippen molar-refractivity contribution in [1.29, 1.82) is 0 Å². The topological polar surface area (TPSA) is 36.7 Å². The summed E-state index contributed by atoms with van der Waals surface area (Å²) in [6, 6.07) is 8.02. The van der Waals surface area contributed by atoms with Crippen molar-refractivity contribution in [2.24, 2.45) is 0 Å². The molecule has 3 heterocycles. The van der Waals surface area contributed by atoms with Crippen LogP contribution >= 0.6 is 33.9 Å². The van der Waals surface area contributed by atoms with Gasteiger partial charge >= 0.3 is 0 Å². The van der Waals surface area contributed by atoms with Crippen molar-refractivity contribution in [3.8, 4) is 0 Å². The van der Waals surface area contributed by atoms with Gasteiger partial charge in [0.05, 0.1) is 0 Å². The molecule has 0 bridgehead atoms. The van der Waals surface area contributed by atoms with Crippen molar-refractivity contribution in [2.75, 3.05) is 26.2 Å². The maximum Gasteiger partial charge on any atom is 0.246 e. The molecule has 1 fully saturated rings. The molecule has 0 aliphatic carbocycles. The van der Waals surface area contributed by atoms with Crippen LogP contribution in [0.5, 0.6) is 0 Å². The average Bonchev–Trinajstić information content (AvgIpc) is 3.13. The van der Waals surface area contributed by atoms with Crippen molar-refractivity contribution in [1.82, 2.24) is 9.80 Å². The molecule has 1 aliphatic heterocycles. The van der Waals surface area contributed by atoms with Gasteiger partial charge in [0.2, 0.25) is 5.91 Å². The molecule has 122 valence electrons. The Bertz CT molecular complexity index is 666. The van der Waals surface area contributed by atoms with Crippen LogP contribution in [0.25, 0.3) is 6.08 Å². The molecule has 4 nitrogen and oxygen atoms in total. The summed E-state index contributed by atoms with van der Waals surface area (Å²) < 4.78 is 6.27. The molecule has 0 aromatic carbocycles. The smallest absolute Gasteiger partial charge is 0.246 e. The van der Waals surface area contributed by atoms with Crippen molar-refractivity contribution >= 4 is 45.9 Å². The van der Waals surface area contributed by atoms with Crippen LogP contribution < -0.4 is 0 Å². The van der Waals surface area contributed by atoms with Gasteiger partial charge < -0.3 is 9.32 Å². The molecule has 6 heteroatoms. The first-order valence-electron chi connectivity index (χ1n) is 7.68. The summed E-state index contributed by atoms with van der Waals surface area (Å²) in [6.45, 7) is 4.56. The van der Waals surface area contributed by atoms with Gasteiger partial charge in [-0.3, -0.25) is 9.69 Å². The lowest BCUT2D eigenvalue weighted by Gasteiger charge is -2.20. The number of hydrogen-bond acceptors (Lipinski definition) is 4. The van der Waals surface area contributed by atoms with Crippen LogP contribution in [-0.2, 0) is 11.3 Å². The number of carbonyl (C=O) groups is 1. The van der Waals surface area contributed by atoms with E-state index in [0.29, 0.717) is 0 Å². The maximum absolute atomic E-state index is 12.3. The minimum atomic E-state index is 0.0642. The molecule has 1 aliphatic rings. The third kappa shape index (κ3) is 4.92. The molecule has 0 radical (unpaired) electrons. The zero-order valence-corrected chi connectivity index (χ0v) is 15.8. The van der Waals surface area contributed by atoms with Gasteiger partial charge in [-0.1, -0.05) is 6.07 Å². The highest BCUT2D eigenvalue weighted by atomic mass is 127. The monoisotopic (exact) mass is 442 g/mol. The summed E-state index contributed by atoms with van der Waals surface area (Å²) in [5.41, 5.74) is 0. The fourth-order valence-electron chi connectivity index (χ4n) is 2.65. The molecule has 0 spiro atoms. The van der Waals surface area contributed by atoms with Gasteiger partial charge in [-0.15, -0.1) is 11.3 Å². The Balaban J connectivity index is 1.52. The molecular weight excluding hydrogens is 423 g/mol. The van der Waals surface area contributed by atoms with E-state index < -0.39 is 0 Å².